The molecule has 2 amide bonds. The first kappa shape index (κ1) is 17.0. The lowest BCUT2D eigenvalue weighted by Gasteiger charge is -2.10. The van der Waals surface area contributed by atoms with Crippen LogP contribution in [0.3, 0.4) is 0 Å². The first-order valence-corrected chi connectivity index (χ1v) is 8.15. The van der Waals surface area contributed by atoms with Crippen LogP contribution >= 0.6 is 11.6 Å². The Kier molecular flexibility index (Phi) is 5.00. The van der Waals surface area contributed by atoms with Gasteiger partial charge in [-0.15, -0.1) is 0 Å². The lowest BCUT2D eigenvalue weighted by Crippen LogP contribution is -2.24. The van der Waals surface area contributed by atoms with E-state index in [1.165, 1.54) is 6.92 Å². The van der Waals surface area contributed by atoms with E-state index in [0.717, 1.165) is 11.0 Å². The van der Waals surface area contributed by atoms with Crippen molar-refractivity contribution >= 4 is 40.1 Å². The van der Waals surface area contributed by atoms with E-state index in [0.29, 0.717) is 16.5 Å². The van der Waals surface area contributed by atoms with Gasteiger partial charge in [-0.2, -0.15) is 0 Å². The zero-order valence-corrected chi connectivity index (χ0v) is 14.4. The van der Waals surface area contributed by atoms with E-state index >= 15 is 0 Å². The number of para-hydroxylation sites is 2. The summed E-state index contributed by atoms with van der Waals surface area (Å²) in [4.78, 5) is 28.1. The predicted molar refractivity (Wildman–Crippen MR) is 97.3 cm³/mol. The van der Waals surface area contributed by atoms with Crippen LogP contribution in [0.4, 0.5) is 5.69 Å². The largest absolute Gasteiger partial charge is 0.349 e. The molecule has 3 rings (SSSR count). The molecule has 1 heterocycles. The molecule has 0 aliphatic rings. The van der Waals surface area contributed by atoms with Crippen LogP contribution in [-0.4, -0.2) is 21.4 Å². The standard InChI is InChI=1S/C18H17ClN4O2/c1-12(24)20-10-17-22-15-7-2-3-8-16(15)23(17)11-18(25)21-14-6-4-5-13(19)9-14/h2-9H,10-11H2,1H3,(H,20,24)(H,21,25). The highest BCUT2D eigenvalue weighted by Crippen LogP contribution is 2.18. The molecule has 0 saturated carbocycles. The van der Waals surface area contributed by atoms with Crippen molar-refractivity contribution < 1.29 is 9.59 Å². The Labute approximate surface area is 149 Å². The maximum absolute atomic E-state index is 12.4. The Balaban J connectivity index is 1.84. The fraction of sp³-hybridized carbons (Fsp3) is 0.167. The summed E-state index contributed by atoms with van der Waals surface area (Å²) < 4.78 is 1.80. The van der Waals surface area contributed by atoms with Crippen molar-refractivity contribution in [3.8, 4) is 0 Å². The topological polar surface area (TPSA) is 76.0 Å². The lowest BCUT2D eigenvalue weighted by molar-refractivity contribution is -0.119. The van der Waals surface area contributed by atoms with Gasteiger partial charge in [-0.25, -0.2) is 4.98 Å². The van der Waals surface area contributed by atoms with E-state index in [1.807, 2.05) is 24.3 Å². The Morgan fingerprint density at radius 2 is 1.96 bits per heavy atom. The maximum Gasteiger partial charge on any atom is 0.244 e. The molecule has 7 heteroatoms. The zero-order valence-electron chi connectivity index (χ0n) is 13.6. The number of rotatable bonds is 5. The van der Waals surface area contributed by atoms with Crippen LogP contribution in [-0.2, 0) is 22.7 Å². The number of aromatic nitrogens is 2. The first-order chi connectivity index (χ1) is 12.0. The van der Waals surface area contributed by atoms with Gasteiger partial charge in [-0.3, -0.25) is 9.59 Å². The highest BCUT2D eigenvalue weighted by molar-refractivity contribution is 6.30. The van der Waals surface area contributed by atoms with Crippen LogP contribution in [0, 0.1) is 0 Å². The number of imidazole rings is 1. The molecule has 0 aliphatic heterocycles. The van der Waals surface area contributed by atoms with Gasteiger partial charge in [0.15, 0.2) is 0 Å². The summed E-state index contributed by atoms with van der Waals surface area (Å²) in [6.45, 7) is 1.79. The zero-order chi connectivity index (χ0) is 17.8. The molecule has 1 aromatic heterocycles. The molecule has 0 bridgehead atoms. The number of nitrogens with one attached hydrogen (secondary N) is 2. The fourth-order valence-corrected chi connectivity index (χ4v) is 2.74. The van der Waals surface area contributed by atoms with Gasteiger partial charge in [0.05, 0.1) is 17.6 Å². The molecule has 0 atom stereocenters. The molecule has 128 valence electrons. The number of hydrogen-bond acceptors (Lipinski definition) is 3. The van der Waals surface area contributed by atoms with Crippen molar-refractivity contribution in [2.24, 2.45) is 0 Å². The second-order valence-corrected chi connectivity index (χ2v) is 6.01. The molecule has 0 aliphatic carbocycles. The number of carbonyl (C=O) groups is 2. The molecule has 0 spiro atoms. The molecule has 2 aromatic carbocycles. The van der Waals surface area contributed by atoms with Crippen LogP contribution in [0.5, 0.6) is 0 Å². The molecule has 0 fully saturated rings. The number of fused-ring (bicyclic) bond motifs is 1. The van der Waals surface area contributed by atoms with Gasteiger partial charge in [-0.05, 0) is 30.3 Å². The fourth-order valence-electron chi connectivity index (χ4n) is 2.55. The second kappa shape index (κ2) is 7.36. The van der Waals surface area contributed by atoms with E-state index in [4.69, 9.17) is 11.6 Å². The number of amides is 2. The molecule has 25 heavy (non-hydrogen) atoms. The normalized spacial score (nSPS) is 10.6. The van der Waals surface area contributed by atoms with E-state index < -0.39 is 0 Å². The molecular formula is C18H17ClN4O2. The van der Waals surface area contributed by atoms with E-state index in [2.05, 4.69) is 15.6 Å². The molecule has 0 radical (unpaired) electrons. The Hall–Kier alpha value is -2.86. The van der Waals surface area contributed by atoms with Crippen LogP contribution in [0.1, 0.15) is 12.7 Å². The van der Waals surface area contributed by atoms with Crippen LogP contribution < -0.4 is 10.6 Å². The van der Waals surface area contributed by atoms with Gasteiger partial charge in [0, 0.05) is 17.6 Å². The van der Waals surface area contributed by atoms with Crippen molar-refractivity contribution in [1.29, 1.82) is 0 Å². The number of hydrogen-bond donors (Lipinski definition) is 2. The summed E-state index contributed by atoms with van der Waals surface area (Å²) in [5.41, 5.74) is 2.24. The summed E-state index contributed by atoms with van der Waals surface area (Å²) in [5, 5.41) is 6.09. The third-order valence-electron chi connectivity index (χ3n) is 3.64. The third-order valence-corrected chi connectivity index (χ3v) is 3.87. The van der Waals surface area contributed by atoms with Crippen LogP contribution in [0.2, 0.25) is 5.02 Å². The second-order valence-electron chi connectivity index (χ2n) is 5.57. The summed E-state index contributed by atoms with van der Waals surface area (Å²) in [7, 11) is 0. The highest BCUT2D eigenvalue weighted by Gasteiger charge is 2.14. The Bertz CT molecular complexity index is 936. The SMILES string of the molecule is CC(=O)NCc1nc2ccccc2n1CC(=O)Nc1cccc(Cl)c1. The minimum Gasteiger partial charge on any atom is -0.349 e. The number of benzene rings is 2. The summed E-state index contributed by atoms with van der Waals surface area (Å²) >= 11 is 5.94. The van der Waals surface area contributed by atoms with Gasteiger partial charge in [-0.1, -0.05) is 29.8 Å². The Morgan fingerprint density at radius 3 is 2.72 bits per heavy atom. The minimum absolute atomic E-state index is 0.0853. The van der Waals surface area contributed by atoms with Crippen molar-refractivity contribution in [1.82, 2.24) is 14.9 Å². The average Bonchev–Trinajstić information content (AvgIpc) is 2.91. The number of carbonyl (C=O) groups excluding carboxylic acids is 2. The molecule has 2 N–H and O–H groups in total. The van der Waals surface area contributed by atoms with Gasteiger partial charge in [0.25, 0.3) is 0 Å². The summed E-state index contributed by atoms with van der Waals surface area (Å²) in [5.74, 6) is 0.272. The summed E-state index contributed by atoms with van der Waals surface area (Å²) in [6, 6.07) is 14.5. The molecule has 3 aromatic rings. The molecule has 0 saturated heterocycles. The lowest BCUT2D eigenvalue weighted by atomic mass is 10.3. The average molecular weight is 357 g/mol. The van der Waals surface area contributed by atoms with Crippen molar-refractivity contribution in [3.05, 3.63) is 59.4 Å². The van der Waals surface area contributed by atoms with E-state index in [1.54, 1.807) is 28.8 Å². The Morgan fingerprint density at radius 1 is 1.16 bits per heavy atom. The number of anilines is 1. The monoisotopic (exact) mass is 356 g/mol. The van der Waals surface area contributed by atoms with Crippen molar-refractivity contribution in [2.45, 2.75) is 20.0 Å². The molecule has 0 unspecified atom stereocenters. The highest BCUT2D eigenvalue weighted by atomic mass is 35.5. The van der Waals surface area contributed by atoms with Gasteiger partial charge >= 0.3 is 0 Å². The van der Waals surface area contributed by atoms with E-state index in [-0.39, 0.29) is 24.9 Å². The number of nitrogens with zero attached hydrogens (tertiary/aromatic N) is 2. The van der Waals surface area contributed by atoms with Crippen molar-refractivity contribution in [2.75, 3.05) is 5.32 Å². The van der Waals surface area contributed by atoms with Crippen LogP contribution in [0.15, 0.2) is 48.5 Å². The smallest absolute Gasteiger partial charge is 0.244 e. The van der Waals surface area contributed by atoms with Gasteiger partial charge in [0.2, 0.25) is 11.8 Å². The quantitative estimate of drug-likeness (QED) is 0.738. The van der Waals surface area contributed by atoms with Gasteiger partial charge in [0.1, 0.15) is 12.4 Å². The van der Waals surface area contributed by atoms with Gasteiger partial charge < -0.3 is 15.2 Å². The predicted octanol–water partition coefficient (Wildman–Crippen LogP) is 2.96. The maximum atomic E-state index is 12.4. The van der Waals surface area contributed by atoms with E-state index in [9.17, 15) is 9.59 Å². The molecular weight excluding hydrogens is 340 g/mol. The first-order valence-electron chi connectivity index (χ1n) is 7.77. The van der Waals surface area contributed by atoms with Crippen molar-refractivity contribution in [3.63, 3.8) is 0 Å². The third kappa shape index (κ3) is 4.16. The number of halogens is 1. The van der Waals surface area contributed by atoms with Crippen LogP contribution in [0.25, 0.3) is 11.0 Å². The minimum atomic E-state index is -0.200. The summed E-state index contributed by atoms with van der Waals surface area (Å²) in [6.07, 6.45) is 0. The molecule has 6 nitrogen and oxygen atoms in total.